The lowest BCUT2D eigenvalue weighted by molar-refractivity contribution is -0.137. The first kappa shape index (κ1) is 39.2. The van der Waals surface area contributed by atoms with Crippen molar-refractivity contribution >= 4 is 28.8 Å². The number of carbonyl (C=O) groups excluding carboxylic acids is 2. The summed E-state index contributed by atoms with van der Waals surface area (Å²) in [7, 11) is 0. The van der Waals surface area contributed by atoms with Gasteiger partial charge in [0.15, 0.2) is 5.82 Å². The van der Waals surface area contributed by atoms with Gasteiger partial charge in [0, 0.05) is 40.5 Å². The molecule has 1 atom stereocenters. The molecule has 1 unspecified atom stereocenters. The molecule has 0 bridgehead atoms. The first-order valence-electron chi connectivity index (χ1n) is 17.8. The van der Waals surface area contributed by atoms with Crippen LogP contribution in [0.1, 0.15) is 85.5 Å². The van der Waals surface area contributed by atoms with Gasteiger partial charge in [0.1, 0.15) is 11.8 Å². The average molecular weight is 743 g/mol. The van der Waals surface area contributed by atoms with Crippen molar-refractivity contribution in [3.05, 3.63) is 118 Å². The summed E-state index contributed by atoms with van der Waals surface area (Å²) in [6.45, 7) is 9.06. The summed E-state index contributed by atoms with van der Waals surface area (Å²) in [6, 6.07) is 22.0. The summed E-state index contributed by atoms with van der Waals surface area (Å²) < 4.78 is 45.1. The van der Waals surface area contributed by atoms with E-state index < -0.39 is 29.6 Å². The number of halogens is 3. The van der Waals surface area contributed by atoms with Gasteiger partial charge < -0.3 is 15.4 Å². The van der Waals surface area contributed by atoms with Crippen LogP contribution in [-0.4, -0.2) is 34.4 Å². The Bertz CT molecular complexity index is 1930. The second-order valence-electron chi connectivity index (χ2n) is 14.0. The molecule has 2 N–H and O–H groups in total. The van der Waals surface area contributed by atoms with E-state index in [1.807, 2.05) is 54.6 Å². The van der Waals surface area contributed by atoms with Crippen molar-refractivity contribution < 1.29 is 27.5 Å². The Morgan fingerprint density at radius 1 is 0.774 bits per heavy atom. The highest BCUT2D eigenvalue weighted by molar-refractivity contribution is 7.14. The summed E-state index contributed by atoms with van der Waals surface area (Å²) >= 11 is 1.35. The van der Waals surface area contributed by atoms with E-state index >= 15 is 0 Å². The number of benzene rings is 3. The fourth-order valence-electron chi connectivity index (χ4n) is 5.56. The molecule has 0 radical (unpaired) electrons. The van der Waals surface area contributed by atoms with Crippen molar-refractivity contribution in [2.45, 2.75) is 83.9 Å². The number of ether oxygens (including phenoxy) is 1. The Morgan fingerprint density at radius 2 is 1.42 bits per heavy atom. The summed E-state index contributed by atoms with van der Waals surface area (Å²) in [5.41, 5.74) is 2.57. The zero-order valence-electron chi connectivity index (χ0n) is 30.4. The highest BCUT2D eigenvalue weighted by Crippen LogP contribution is 2.31. The summed E-state index contributed by atoms with van der Waals surface area (Å²) in [5, 5.41) is 5.50. The minimum Gasteiger partial charge on any atom is -0.494 e. The van der Waals surface area contributed by atoms with E-state index in [1.54, 1.807) is 18.5 Å². The predicted octanol–water partition coefficient (Wildman–Crippen LogP) is 10.5. The third kappa shape index (κ3) is 11.2. The quantitative estimate of drug-likeness (QED) is 0.104. The van der Waals surface area contributed by atoms with E-state index in [1.165, 1.54) is 49.2 Å². The van der Waals surface area contributed by atoms with Crippen molar-refractivity contribution in [1.82, 2.24) is 15.3 Å². The predicted molar refractivity (Wildman–Crippen MR) is 205 cm³/mol. The van der Waals surface area contributed by atoms with E-state index in [4.69, 9.17) is 4.74 Å². The Balaban J connectivity index is 1.25. The van der Waals surface area contributed by atoms with Gasteiger partial charge in [0.05, 0.1) is 17.0 Å². The van der Waals surface area contributed by atoms with Crippen LogP contribution in [0.15, 0.2) is 97.3 Å². The van der Waals surface area contributed by atoms with Gasteiger partial charge in [-0.3, -0.25) is 9.59 Å². The van der Waals surface area contributed by atoms with Crippen molar-refractivity contribution in [2.24, 2.45) is 0 Å². The summed E-state index contributed by atoms with van der Waals surface area (Å²) in [5.74, 6) is 0.390. The largest absolute Gasteiger partial charge is 0.494 e. The van der Waals surface area contributed by atoms with E-state index in [0.717, 1.165) is 51.4 Å². The second kappa shape index (κ2) is 17.7. The maximum Gasteiger partial charge on any atom is 0.416 e. The molecule has 5 rings (SSSR count). The van der Waals surface area contributed by atoms with E-state index in [9.17, 15) is 22.8 Å². The molecule has 2 heterocycles. The van der Waals surface area contributed by atoms with Gasteiger partial charge in [-0.25, -0.2) is 9.97 Å². The summed E-state index contributed by atoms with van der Waals surface area (Å²) in [4.78, 5) is 37.5. The van der Waals surface area contributed by atoms with Gasteiger partial charge in [-0.15, -0.1) is 11.3 Å². The van der Waals surface area contributed by atoms with Crippen molar-refractivity contribution in [3.63, 3.8) is 0 Å². The first-order valence-corrected chi connectivity index (χ1v) is 18.7. The van der Waals surface area contributed by atoms with Crippen LogP contribution >= 0.6 is 11.3 Å². The zero-order valence-corrected chi connectivity index (χ0v) is 31.2. The molecule has 0 saturated carbocycles. The van der Waals surface area contributed by atoms with Crippen LogP contribution < -0.4 is 15.4 Å². The number of alkyl halides is 3. The normalized spacial score (nSPS) is 12.3. The Kier molecular flexibility index (Phi) is 13.1. The topological polar surface area (TPSA) is 93.2 Å². The molecule has 2 amide bonds. The molecule has 7 nitrogen and oxygen atoms in total. The number of aromatic nitrogens is 2. The second-order valence-corrected chi connectivity index (χ2v) is 15.1. The molecule has 53 heavy (non-hydrogen) atoms. The number of rotatable bonds is 15. The van der Waals surface area contributed by atoms with Crippen LogP contribution in [0.2, 0.25) is 0 Å². The van der Waals surface area contributed by atoms with Gasteiger partial charge in [-0.1, -0.05) is 89.8 Å². The zero-order chi connectivity index (χ0) is 38.0. The third-order valence-corrected chi connectivity index (χ3v) is 10.2. The number of nitrogens with zero attached hydrogens (tertiary/aromatic N) is 2. The lowest BCUT2D eigenvalue weighted by atomic mass is 9.95. The number of hydrogen-bond acceptors (Lipinski definition) is 6. The van der Waals surface area contributed by atoms with Crippen LogP contribution in [-0.2, 0) is 22.8 Å². The van der Waals surface area contributed by atoms with Gasteiger partial charge in [0.25, 0.3) is 5.91 Å². The molecule has 0 saturated heterocycles. The molecule has 0 fully saturated rings. The molecule has 2 aromatic heterocycles. The van der Waals surface area contributed by atoms with Gasteiger partial charge in [0.2, 0.25) is 5.91 Å². The minimum absolute atomic E-state index is 0.133. The fraction of sp³-hybridized carbons (Fsp3) is 0.333. The van der Waals surface area contributed by atoms with Crippen molar-refractivity contribution in [2.75, 3.05) is 11.9 Å². The molecule has 0 aliphatic rings. The van der Waals surface area contributed by atoms with Crippen LogP contribution in [0.3, 0.4) is 0 Å². The molecule has 0 spiro atoms. The lowest BCUT2D eigenvalue weighted by Gasteiger charge is -2.19. The number of amides is 2. The van der Waals surface area contributed by atoms with E-state index in [-0.39, 0.29) is 17.5 Å². The number of unbranched alkanes of at least 4 members (excludes halogenated alkanes) is 4. The molecule has 3 aromatic carbocycles. The molecular formula is C42H45F3N4O3S. The minimum atomic E-state index is -4.50. The van der Waals surface area contributed by atoms with Gasteiger partial charge >= 0.3 is 6.18 Å². The van der Waals surface area contributed by atoms with Crippen LogP contribution in [0.5, 0.6) is 5.75 Å². The highest BCUT2D eigenvalue weighted by Gasteiger charge is 2.30. The summed E-state index contributed by atoms with van der Waals surface area (Å²) in [6.07, 6.45) is 5.12. The number of anilines is 1. The highest BCUT2D eigenvalue weighted by atomic mass is 32.1. The van der Waals surface area contributed by atoms with Gasteiger partial charge in [-0.05, 0) is 71.5 Å². The Labute approximate surface area is 313 Å². The van der Waals surface area contributed by atoms with Crippen LogP contribution in [0.25, 0.3) is 22.5 Å². The van der Waals surface area contributed by atoms with E-state index in [0.29, 0.717) is 17.3 Å². The molecule has 278 valence electrons. The third-order valence-electron chi connectivity index (χ3n) is 8.68. The fourth-order valence-corrected chi connectivity index (χ4v) is 6.53. The lowest BCUT2D eigenvalue weighted by Crippen LogP contribution is -2.45. The number of thiophene rings is 1. The maximum absolute atomic E-state index is 13.5. The number of carbonyl (C=O) groups is 2. The number of nitrogens with one attached hydrogen (secondary N) is 2. The molecule has 5 aromatic rings. The van der Waals surface area contributed by atoms with Crippen molar-refractivity contribution in [3.8, 4) is 28.3 Å². The van der Waals surface area contributed by atoms with Gasteiger partial charge in [-0.2, -0.15) is 13.2 Å². The first-order chi connectivity index (χ1) is 25.3. The number of hydrogen-bond donors (Lipinski definition) is 2. The Morgan fingerprint density at radius 3 is 2.02 bits per heavy atom. The molecule has 11 heteroatoms. The van der Waals surface area contributed by atoms with Crippen LogP contribution in [0.4, 0.5) is 18.9 Å². The monoisotopic (exact) mass is 742 g/mol. The average Bonchev–Trinajstić information content (AvgIpc) is 3.65. The molecule has 0 aliphatic heterocycles. The van der Waals surface area contributed by atoms with Crippen molar-refractivity contribution in [1.29, 1.82) is 0 Å². The standard InChI is InChI=1S/C42H45F3N4O3S/c1-5-6-7-8-9-24-52-34-20-14-29(15-21-34)31-26-46-38(47-27-31)30-12-10-28(11-13-30)25-35(49-40(51)36-22-23-37(53-36)41(2,3)4)39(50)48-33-18-16-32(17-19-33)42(43,44)45/h10-23,26-27,35H,5-9,24-25H2,1-4H3,(H,48,50)(H,49,51). The molecular weight excluding hydrogens is 698 g/mol. The smallest absolute Gasteiger partial charge is 0.416 e. The van der Waals surface area contributed by atoms with E-state index in [2.05, 4.69) is 48.3 Å². The SMILES string of the molecule is CCCCCCCOc1ccc(-c2cnc(-c3ccc(CC(NC(=O)c4ccc(C(C)(C)C)s4)C(=O)Nc4ccc(C(F)(F)F)cc4)cc3)nc2)cc1. The Hall–Kier alpha value is -5.03. The molecule has 0 aliphatic carbocycles. The van der Waals surface area contributed by atoms with Crippen LogP contribution in [0, 0.1) is 0 Å². The maximum atomic E-state index is 13.5.